The molecule has 5 nitrogen and oxygen atoms in total. The lowest BCUT2D eigenvalue weighted by Crippen LogP contribution is -2.39. The van der Waals surface area contributed by atoms with Gasteiger partial charge in [0.15, 0.2) is 0 Å². The molecule has 2 N–H and O–H groups in total. The smallest absolute Gasteiger partial charge is 0.269 e. The number of rotatable bonds is 4. The first-order chi connectivity index (χ1) is 9.11. The van der Waals surface area contributed by atoms with Crippen LogP contribution in [0.2, 0.25) is 0 Å². The van der Waals surface area contributed by atoms with Gasteiger partial charge in [-0.15, -0.1) is 0 Å². The summed E-state index contributed by atoms with van der Waals surface area (Å²) in [7, 11) is 0. The van der Waals surface area contributed by atoms with Gasteiger partial charge in [-0.25, -0.2) is 0 Å². The van der Waals surface area contributed by atoms with Crippen molar-refractivity contribution >= 4 is 5.69 Å². The maximum Gasteiger partial charge on any atom is 0.269 e. The minimum atomic E-state index is -0.338. The Balaban J connectivity index is 2.12. The predicted molar refractivity (Wildman–Crippen MR) is 74.9 cm³/mol. The summed E-state index contributed by atoms with van der Waals surface area (Å²) >= 11 is 0. The normalized spacial score (nSPS) is 22.1. The summed E-state index contributed by atoms with van der Waals surface area (Å²) < 4.78 is 0. The number of piperidine rings is 1. The van der Waals surface area contributed by atoms with Crippen molar-refractivity contribution in [2.75, 3.05) is 19.6 Å². The van der Waals surface area contributed by atoms with Crippen LogP contribution in [0.3, 0.4) is 0 Å². The highest BCUT2D eigenvalue weighted by atomic mass is 16.6. The summed E-state index contributed by atoms with van der Waals surface area (Å²) in [4.78, 5) is 12.9. The van der Waals surface area contributed by atoms with E-state index in [-0.39, 0.29) is 16.7 Å². The van der Waals surface area contributed by atoms with Crippen LogP contribution in [-0.2, 0) is 0 Å². The molecule has 5 heteroatoms. The Morgan fingerprint density at radius 3 is 3.05 bits per heavy atom. The topological polar surface area (TPSA) is 72.4 Å². The Bertz CT molecular complexity index is 450. The first kappa shape index (κ1) is 14.0. The lowest BCUT2D eigenvalue weighted by Gasteiger charge is -2.36. The minimum Gasteiger partial charge on any atom is -0.330 e. The third-order valence-corrected chi connectivity index (χ3v) is 3.99. The van der Waals surface area contributed by atoms with Gasteiger partial charge in [-0.2, -0.15) is 0 Å². The molecule has 1 fully saturated rings. The van der Waals surface area contributed by atoms with Gasteiger partial charge in [0.1, 0.15) is 0 Å². The largest absolute Gasteiger partial charge is 0.330 e. The standard InChI is InChI=1S/C14H21N3O2/c1-11(16-7-3-4-12(9-15)10-16)13-5-2-6-14(8-13)17(18)19/h2,5-6,8,11-12H,3-4,7,9-10,15H2,1H3. The van der Waals surface area contributed by atoms with Crippen molar-refractivity contribution < 1.29 is 4.92 Å². The molecule has 1 aliphatic rings. The average molecular weight is 263 g/mol. The monoisotopic (exact) mass is 263 g/mol. The Morgan fingerprint density at radius 1 is 1.58 bits per heavy atom. The number of nitro benzene ring substituents is 1. The molecule has 0 aliphatic carbocycles. The molecule has 1 aliphatic heterocycles. The van der Waals surface area contributed by atoms with Crippen LogP contribution in [0.15, 0.2) is 24.3 Å². The summed E-state index contributed by atoms with van der Waals surface area (Å²) in [6, 6.07) is 7.14. The van der Waals surface area contributed by atoms with E-state index < -0.39 is 0 Å². The van der Waals surface area contributed by atoms with Crippen LogP contribution >= 0.6 is 0 Å². The molecule has 19 heavy (non-hydrogen) atoms. The highest BCUT2D eigenvalue weighted by Crippen LogP contribution is 2.28. The maximum atomic E-state index is 10.8. The molecule has 0 saturated carbocycles. The SMILES string of the molecule is CC(c1cccc([N+](=O)[O-])c1)N1CCCC(CN)C1. The molecule has 1 aromatic carbocycles. The fourth-order valence-corrected chi connectivity index (χ4v) is 2.75. The zero-order valence-electron chi connectivity index (χ0n) is 11.3. The number of hydrogen-bond donors (Lipinski definition) is 1. The lowest BCUT2D eigenvalue weighted by molar-refractivity contribution is -0.385. The van der Waals surface area contributed by atoms with Gasteiger partial charge < -0.3 is 5.73 Å². The fraction of sp³-hybridized carbons (Fsp3) is 0.571. The molecule has 0 radical (unpaired) electrons. The van der Waals surface area contributed by atoms with Gasteiger partial charge in [0.05, 0.1) is 4.92 Å². The molecule has 1 aromatic rings. The molecular weight excluding hydrogens is 242 g/mol. The number of benzene rings is 1. The Morgan fingerprint density at radius 2 is 2.37 bits per heavy atom. The van der Waals surface area contributed by atoms with Crippen LogP contribution in [0, 0.1) is 16.0 Å². The second-order valence-electron chi connectivity index (χ2n) is 5.27. The molecule has 0 amide bonds. The minimum absolute atomic E-state index is 0.164. The van der Waals surface area contributed by atoms with E-state index in [0.29, 0.717) is 5.92 Å². The highest BCUT2D eigenvalue weighted by Gasteiger charge is 2.24. The second kappa shape index (κ2) is 6.12. The van der Waals surface area contributed by atoms with Gasteiger partial charge >= 0.3 is 0 Å². The summed E-state index contributed by atoms with van der Waals surface area (Å²) in [5.74, 6) is 0.551. The number of non-ortho nitro benzene ring substituents is 1. The van der Waals surface area contributed by atoms with Crippen molar-refractivity contribution in [3.63, 3.8) is 0 Å². The Hall–Kier alpha value is -1.46. The summed E-state index contributed by atoms with van der Waals surface area (Å²) in [6.07, 6.45) is 2.34. The molecular formula is C14H21N3O2. The quantitative estimate of drug-likeness (QED) is 0.668. The first-order valence-corrected chi connectivity index (χ1v) is 6.80. The molecule has 2 unspecified atom stereocenters. The third kappa shape index (κ3) is 3.30. The van der Waals surface area contributed by atoms with Gasteiger partial charge in [0.25, 0.3) is 5.69 Å². The fourth-order valence-electron chi connectivity index (χ4n) is 2.75. The van der Waals surface area contributed by atoms with Crippen molar-refractivity contribution in [2.24, 2.45) is 11.7 Å². The molecule has 0 bridgehead atoms. The van der Waals surface area contributed by atoms with E-state index >= 15 is 0 Å². The van der Waals surface area contributed by atoms with Crippen LogP contribution in [0.25, 0.3) is 0 Å². The highest BCUT2D eigenvalue weighted by molar-refractivity contribution is 5.35. The number of nitro groups is 1. The van der Waals surface area contributed by atoms with Crippen LogP contribution < -0.4 is 5.73 Å². The van der Waals surface area contributed by atoms with Gasteiger partial charge in [0.2, 0.25) is 0 Å². The molecule has 104 valence electrons. The van der Waals surface area contributed by atoms with E-state index in [0.717, 1.165) is 31.6 Å². The summed E-state index contributed by atoms with van der Waals surface area (Å²) in [5.41, 5.74) is 6.92. The average Bonchev–Trinajstić information content (AvgIpc) is 2.46. The van der Waals surface area contributed by atoms with Gasteiger partial charge in [0, 0.05) is 24.7 Å². The zero-order valence-corrected chi connectivity index (χ0v) is 11.3. The van der Waals surface area contributed by atoms with Crippen LogP contribution in [0.4, 0.5) is 5.69 Å². The van der Waals surface area contributed by atoms with E-state index in [1.807, 2.05) is 6.07 Å². The van der Waals surface area contributed by atoms with Crippen LogP contribution in [0.5, 0.6) is 0 Å². The van der Waals surface area contributed by atoms with Crippen molar-refractivity contribution in [2.45, 2.75) is 25.8 Å². The zero-order chi connectivity index (χ0) is 13.8. The van der Waals surface area contributed by atoms with Crippen LogP contribution in [0.1, 0.15) is 31.4 Å². The van der Waals surface area contributed by atoms with E-state index in [1.165, 1.54) is 12.5 Å². The van der Waals surface area contributed by atoms with Gasteiger partial charge in [-0.1, -0.05) is 12.1 Å². The molecule has 2 atom stereocenters. The molecule has 0 spiro atoms. The molecule has 1 saturated heterocycles. The van der Waals surface area contributed by atoms with E-state index in [2.05, 4.69) is 11.8 Å². The Kier molecular flexibility index (Phi) is 4.50. The number of likely N-dealkylation sites (tertiary alicyclic amines) is 1. The summed E-state index contributed by atoms with van der Waals surface area (Å²) in [6.45, 7) is 4.86. The summed E-state index contributed by atoms with van der Waals surface area (Å²) in [5, 5.41) is 10.8. The number of nitrogens with zero attached hydrogens (tertiary/aromatic N) is 2. The molecule has 1 heterocycles. The van der Waals surface area contributed by atoms with E-state index in [4.69, 9.17) is 5.73 Å². The molecule has 0 aromatic heterocycles. The van der Waals surface area contributed by atoms with Crippen molar-refractivity contribution in [1.82, 2.24) is 4.90 Å². The van der Waals surface area contributed by atoms with E-state index in [1.54, 1.807) is 12.1 Å². The Labute approximate surface area is 113 Å². The van der Waals surface area contributed by atoms with E-state index in [9.17, 15) is 10.1 Å². The second-order valence-corrected chi connectivity index (χ2v) is 5.27. The number of hydrogen-bond acceptors (Lipinski definition) is 4. The first-order valence-electron chi connectivity index (χ1n) is 6.80. The van der Waals surface area contributed by atoms with Crippen molar-refractivity contribution in [3.8, 4) is 0 Å². The predicted octanol–water partition coefficient (Wildman–Crippen LogP) is 2.33. The van der Waals surface area contributed by atoms with Gasteiger partial charge in [-0.3, -0.25) is 15.0 Å². The lowest BCUT2D eigenvalue weighted by atomic mass is 9.95. The number of nitrogens with two attached hydrogens (primary N) is 1. The van der Waals surface area contributed by atoms with Gasteiger partial charge in [-0.05, 0) is 44.3 Å². The van der Waals surface area contributed by atoms with Crippen LogP contribution in [-0.4, -0.2) is 29.5 Å². The third-order valence-electron chi connectivity index (χ3n) is 3.99. The van der Waals surface area contributed by atoms with Crippen molar-refractivity contribution in [3.05, 3.63) is 39.9 Å². The molecule has 2 rings (SSSR count). The maximum absolute atomic E-state index is 10.8. The van der Waals surface area contributed by atoms with Crippen molar-refractivity contribution in [1.29, 1.82) is 0 Å².